The lowest BCUT2D eigenvalue weighted by Gasteiger charge is -2.27. The minimum absolute atomic E-state index is 0.0736. The predicted molar refractivity (Wildman–Crippen MR) is 62.7 cm³/mol. The molecule has 3 heteroatoms. The summed E-state index contributed by atoms with van der Waals surface area (Å²) in [4.78, 5) is 2.25. The normalized spacial score (nSPS) is 26.3. The number of ether oxygens (including phenoxy) is 1. The molecule has 1 saturated heterocycles. The standard InChI is InChI=1S/C10H18FNO.C2H6/c1-4-12-6-5-9(7-11)10(12)8(2)13-3;1-2/h7-8,10H,4-6H2,1-3H3;1-2H3/b9-7-;/t8-,10+;/m0./s1. The highest BCUT2D eigenvalue weighted by molar-refractivity contribution is 5.16. The van der Waals surface area contributed by atoms with Crippen molar-refractivity contribution in [2.24, 2.45) is 0 Å². The highest BCUT2D eigenvalue weighted by atomic mass is 19.1. The van der Waals surface area contributed by atoms with Gasteiger partial charge in [0.2, 0.25) is 0 Å². The quantitative estimate of drug-likeness (QED) is 0.720. The molecule has 0 bridgehead atoms. The Morgan fingerprint density at radius 3 is 2.60 bits per heavy atom. The van der Waals surface area contributed by atoms with E-state index in [2.05, 4.69) is 11.8 Å². The number of likely N-dealkylation sites (tertiary alicyclic amines) is 1. The molecule has 0 unspecified atom stereocenters. The lowest BCUT2D eigenvalue weighted by atomic mass is 10.1. The van der Waals surface area contributed by atoms with Crippen LogP contribution in [-0.4, -0.2) is 37.2 Å². The summed E-state index contributed by atoms with van der Waals surface area (Å²) < 4.78 is 17.8. The third-order valence-electron chi connectivity index (χ3n) is 2.82. The Bertz CT molecular complexity index is 194. The van der Waals surface area contributed by atoms with Crippen molar-refractivity contribution in [3.05, 3.63) is 11.9 Å². The topological polar surface area (TPSA) is 12.5 Å². The van der Waals surface area contributed by atoms with Gasteiger partial charge in [-0.2, -0.15) is 0 Å². The third-order valence-corrected chi connectivity index (χ3v) is 2.82. The summed E-state index contributed by atoms with van der Waals surface area (Å²) >= 11 is 0. The van der Waals surface area contributed by atoms with Gasteiger partial charge in [-0.05, 0) is 25.5 Å². The zero-order chi connectivity index (χ0) is 11.8. The molecule has 0 N–H and O–H groups in total. The second-order valence-electron chi connectivity index (χ2n) is 3.45. The van der Waals surface area contributed by atoms with Crippen molar-refractivity contribution in [1.29, 1.82) is 0 Å². The van der Waals surface area contributed by atoms with Gasteiger partial charge >= 0.3 is 0 Å². The summed E-state index contributed by atoms with van der Waals surface area (Å²) in [7, 11) is 1.67. The maximum Gasteiger partial charge on any atom is 0.0876 e. The van der Waals surface area contributed by atoms with E-state index in [0.717, 1.165) is 31.4 Å². The van der Waals surface area contributed by atoms with E-state index in [1.54, 1.807) is 7.11 Å². The maximum absolute atomic E-state index is 12.5. The smallest absolute Gasteiger partial charge is 0.0876 e. The molecule has 1 rings (SSSR count). The molecule has 0 radical (unpaired) electrons. The summed E-state index contributed by atoms with van der Waals surface area (Å²) in [5.74, 6) is 0. The fourth-order valence-corrected chi connectivity index (χ4v) is 2.00. The van der Waals surface area contributed by atoms with E-state index in [-0.39, 0.29) is 12.1 Å². The molecule has 1 fully saturated rings. The second-order valence-corrected chi connectivity index (χ2v) is 3.45. The Kier molecular flexibility index (Phi) is 7.61. The van der Waals surface area contributed by atoms with E-state index in [4.69, 9.17) is 4.74 Å². The number of methoxy groups -OCH3 is 1. The first-order chi connectivity index (χ1) is 7.24. The van der Waals surface area contributed by atoms with Gasteiger partial charge in [-0.3, -0.25) is 4.90 Å². The lowest BCUT2D eigenvalue weighted by Crippen LogP contribution is -2.39. The zero-order valence-corrected chi connectivity index (χ0v) is 10.6. The van der Waals surface area contributed by atoms with Crippen LogP contribution in [0.5, 0.6) is 0 Å². The van der Waals surface area contributed by atoms with Crippen LogP contribution in [0.1, 0.15) is 34.1 Å². The highest BCUT2D eigenvalue weighted by Crippen LogP contribution is 2.26. The summed E-state index contributed by atoms with van der Waals surface area (Å²) in [6.45, 7) is 9.99. The van der Waals surface area contributed by atoms with Crippen LogP contribution in [0.2, 0.25) is 0 Å². The molecule has 15 heavy (non-hydrogen) atoms. The Labute approximate surface area is 93.1 Å². The molecular weight excluding hydrogens is 193 g/mol. The molecular formula is C12H24FNO. The first-order valence-electron chi connectivity index (χ1n) is 5.80. The minimum Gasteiger partial charge on any atom is -0.380 e. The zero-order valence-electron chi connectivity index (χ0n) is 10.6. The van der Waals surface area contributed by atoms with Crippen molar-refractivity contribution >= 4 is 0 Å². The van der Waals surface area contributed by atoms with E-state index in [1.165, 1.54) is 0 Å². The predicted octanol–water partition coefficient (Wildman–Crippen LogP) is 3.00. The molecule has 0 aromatic rings. The fourth-order valence-electron chi connectivity index (χ4n) is 2.00. The third kappa shape index (κ3) is 3.58. The van der Waals surface area contributed by atoms with E-state index in [1.807, 2.05) is 20.8 Å². The van der Waals surface area contributed by atoms with Crippen molar-refractivity contribution < 1.29 is 9.13 Å². The minimum atomic E-state index is 0.0736. The van der Waals surface area contributed by atoms with E-state index >= 15 is 0 Å². The van der Waals surface area contributed by atoms with Gasteiger partial charge in [-0.1, -0.05) is 20.8 Å². The lowest BCUT2D eigenvalue weighted by molar-refractivity contribution is 0.0570. The monoisotopic (exact) mass is 217 g/mol. The fraction of sp³-hybridized carbons (Fsp3) is 0.833. The van der Waals surface area contributed by atoms with Gasteiger partial charge < -0.3 is 4.74 Å². The van der Waals surface area contributed by atoms with E-state index < -0.39 is 0 Å². The van der Waals surface area contributed by atoms with Gasteiger partial charge in [0.05, 0.1) is 18.5 Å². The van der Waals surface area contributed by atoms with Crippen LogP contribution >= 0.6 is 0 Å². The first kappa shape index (κ1) is 14.6. The molecule has 0 spiro atoms. The molecule has 0 amide bonds. The number of likely N-dealkylation sites (N-methyl/N-ethyl adjacent to an activating group) is 1. The molecule has 2 nitrogen and oxygen atoms in total. The second kappa shape index (κ2) is 7.83. The average molecular weight is 217 g/mol. The Hall–Kier alpha value is -0.410. The van der Waals surface area contributed by atoms with Crippen LogP contribution in [-0.2, 0) is 4.74 Å². The maximum atomic E-state index is 12.5. The number of hydrogen-bond acceptors (Lipinski definition) is 2. The van der Waals surface area contributed by atoms with Gasteiger partial charge in [0.25, 0.3) is 0 Å². The van der Waals surface area contributed by atoms with Crippen molar-refractivity contribution in [2.45, 2.75) is 46.3 Å². The Morgan fingerprint density at radius 2 is 2.20 bits per heavy atom. The molecule has 0 aromatic carbocycles. The van der Waals surface area contributed by atoms with E-state index in [9.17, 15) is 4.39 Å². The van der Waals surface area contributed by atoms with Crippen LogP contribution in [0.3, 0.4) is 0 Å². The van der Waals surface area contributed by atoms with Crippen molar-refractivity contribution in [1.82, 2.24) is 4.90 Å². The summed E-state index contributed by atoms with van der Waals surface area (Å²) in [5, 5.41) is 0. The Morgan fingerprint density at radius 1 is 1.60 bits per heavy atom. The van der Waals surface area contributed by atoms with Crippen molar-refractivity contribution in [3.8, 4) is 0 Å². The molecule has 90 valence electrons. The first-order valence-corrected chi connectivity index (χ1v) is 5.80. The SMILES string of the molecule is CC.CCN1CC/C(=C/F)[C@H]1[C@H](C)OC. The van der Waals surface area contributed by atoms with Gasteiger partial charge in [0.1, 0.15) is 0 Å². The molecule has 1 heterocycles. The number of halogens is 1. The van der Waals surface area contributed by atoms with E-state index in [0.29, 0.717) is 0 Å². The molecule has 2 atom stereocenters. The van der Waals surface area contributed by atoms with Crippen LogP contribution in [0, 0.1) is 0 Å². The molecule has 1 aliphatic rings. The largest absolute Gasteiger partial charge is 0.380 e. The molecule has 1 aliphatic heterocycles. The Balaban J connectivity index is 0.000000921. The number of rotatable bonds is 3. The van der Waals surface area contributed by atoms with Crippen LogP contribution in [0.15, 0.2) is 11.9 Å². The molecule has 0 saturated carbocycles. The summed E-state index contributed by atoms with van der Waals surface area (Å²) in [6, 6.07) is 0.139. The van der Waals surface area contributed by atoms with Gasteiger partial charge in [0, 0.05) is 13.7 Å². The van der Waals surface area contributed by atoms with Gasteiger partial charge in [-0.15, -0.1) is 0 Å². The molecule has 0 aromatic heterocycles. The summed E-state index contributed by atoms with van der Waals surface area (Å²) in [6.07, 6.45) is 1.66. The van der Waals surface area contributed by atoms with Crippen LogP contribution < -0.4 is 0 Å². The van der Waals surface area contributed by atoms with Crippen LogP contribution in [0.25, 0.3) is 0 Å². The van der Waals surface area contributed by atoms with Crippen molar-refractivity contribution in [2.75, 3.05) is 20.2 Å². The number of hydrogen-bond donors (Lipinski definition) is 0. The highest BCUT2D eigenvalue weighted by Gasteiger charge is 2.32. The number of nitrogens with zero attached hydrogens (tertiary/aromatic N) is 1. The van der Waals surface area contributed by atoms with Crippen molar-refractivity contribution in [3.63, 3.8) is 0 Å². The average Bonchev–Trinajstić information content (AvgIpc) is 2.73. The molecule has 0 aliphatic carbocycles. The van der Waals surface area contributed by atoms with Gasteiger partial charge in [-0.25, -0.2) is 4.39 Å². The van der Waals surface area contributed by atoms with Gasteiger partial charge in [0.15, 0.2) is 0 Å². The summed E-state index contributed by atoms with van der Waals surface area (Å²) in [5.41, 5.74) is 0.871. The van der Waals surface area contributed by atoms with Crippen LogP contribution in [0.4, 0.5) is 4.39 Å².